The number of hydrogen-bond donors (Lipinski definition) is 1. The van der Waals surface area contributed by atoms with E-state index in [1.807, 2.05) is 6.92 Å². The molecular formula is C9H17NO2. The van der Waals surface area contributed by atoms with E-state index in [-0.39, 0.29) is 5.78 Å². The summed E-state index contributed by atoms with van der Waals surface area (Å²) in [5, 5.41) is 3.25. The Kier molecular flexibility index (Phi) is 4.25. The molecule has 1 aliphatic rings. The number of hydrogen-bond acceptors (Lipinski definition) is 3. The zero-order chi connectivity index (χ0) is 8.81. The number of nitrogens with one attached hydrogen (secondary N) is 1. The van der Waals surface area contributed by atoms with Crippen molar-refractivity contribution in [2.75, 3.05) is 19.7 Å². The highest BCUT2D eigenvalue weighted by Gasteiger charge is 2.13. The Bertz CT molecular complexity index is 141. The molecule has 0 saturated carbocycles. The molecule has 1 fully saturated rings. The summed E-state index contributed by atoms with van der Waals surface area (Å²) in [7, 11) is 0. The van der Waals surface area contributed by atoms with Crippen molar-refractivity contribution in [3.63, 3.8) is 0 Å². The normalized spacial score (nSPS) is 19.4. The third-order valence-electron chi connectivity index (χ3n) is 2.16. The Morgan fingerprint density at radius 1 is 1.50 bits per heavy atom. The second kappa shape index (κ2) is 5.27. The quantitative estimate of drug-likeness (QED) is 0.677. The highest BCUT2D eigenvalue weighted by Crippen LogP contribution is 2.06. The Balaban J connectivity index is 2.09. The van der Waals surface area contributed by atoms with Gasteiger partial charge < -0.3 is 10.1 Å². The molecule has 3 nitrogen and oxygen atoms in total. The van der Waals surface area contributed by atoms with Crippen LogP contribution in [0, 0.1) is 0 Å². The molecule has 3 heteroatoms. The van der Waals surface area contributed by atoms with Gasteiger partial charge >= 0.3 is 0 Å². The molecule has 0 aromatic rings. The SMILES string of the molecule is CCC(=O)COC1CCNCC1. The number of rotatable bonds is 4. The molecule has 0 aromatic heterocycles. The van der Waals surface area contributed by atoms with Crippen molar-refractivity contribution >= 4 is 5.78 Å². The first-order valence-corrected chi connectivity index (χ1v) is 4.67. The topological polar surface area (TPSA) is 38.3 Å². The van der Waals surface area contributed by atoms with E-state index >= 15 is 0 Å². The standard InChI is InChI=1S/C9H17NO2/c1-2-8(11)7-12-9-3-5-10-6-4-9/h9-10H,2-7H2,1H3. The molecule has 1 N–H and O–H groups in total. The minimum atomic E-state index is 0.202. The van der Waals surface area contributed by atoms with Gasteiger partial charge in [0.05, 0.1) is 6.10 Å². The van der Waals surface area contributed by atoms with Crippen LogP contribution in [-0.4, -0.2) is 31.6 Å². The average Bonchev–Trinajstić information content (AvgIpc) is 2.16. The van der Waals surface area contributed by atoms with Gasteiger partial charge in [-0.15, -0.1) is 0 Å². The molecule has 0 unspecified atom stereocenters. The van der Waals surface area contributed by atoms with Gasteiger partial charge in [0, 0.05) is 6.42 Å². The second-order valence-corrected chi connectivity index (χ2v) is 3.15. The molecule has 1 aliphatic heterocycles. The predicted molar refractivity (Wildman–Crippen MR) is 47.1 cm³/mol. The molecule has 1 heterocycles. The molecule has 0 atom stereocenters. The lowest BCUT2D eigenvalue weighted by Crippen LogP contribution is -2.33. The van der Waals surface area contributed by atoms with Crippen LogP contribution in [0.3, 0.4) is 0 Å². The Morgan fingerprint density at radius 3 is 2.75 bits per heavy atom. The Morgan fingerprint density at radius 2 is 2.17 bits per heavy atom. The third-order valence-corrected chi connectivity index (χ3v) is 2.16. The van der Waals surface area contributed by atoms with Gasteiger partial charge in [0.15, 0.2) is 5.78 Å². The zero-order valence-electron chi connectivity index (χ0n) is 7.64. The number of carbonyl (C=O) groups is 1. The molecule has 70 valence electrons. The first kappa shape index (κ1) is 9.68. The van der Waals surface area contributed by atoms with Crippen LogP contribution in [0.2, 0.25) is 0 Å². The highest BCUT2D eigenvalue weighted by molar-refractivity contribution is 5.79. The van der Waals surface area contributed by atoms with Crippen LogP contribution in [0.5, 0.6) is 0 Å². The maximum absolute atomic E-state index is 10.9. The fraction of sp³-hybridized carbons (Fsp3) is 0.889. The van der Waals surface area contributed by atoms with Crippen molar-refractivity contribution in [1.29, 1.82) is 0 Å². The third kappa shape index (κ3) is 3.32. The predicted octanol–water partition coefficient (Wildman–Crippen LogP) is 0.734. The van der Waals surface area contributed by atoms with Gasteiger partial charge in [0.25, 0.3) is 0 Å². The zero-order valence-corrected chi connectivity index (χ0v) is 7.64. The van der Waals surface area contributed by atoms with Crippen molar-refractivity contribution < 1.29 is 9.53 Å². The lowest BCUT2D eigenvalue weighted by atomic mass is 10.1. The maximum atomic E-state index is 10.9. The van der Waals surface area contributed by atoms with Gasteiger partial charge in [-0.25, -0.2) is 0 Å². The van der Waals surface area contributed by atoms with Gasteiger partial charge in [0.1, 0.15) is 6.61 Å². The van der Waals surface area contributed by atoms with E-state index in [0.717, 1.165) is 25.9 Å². The first-order chi connectivity index (χ1) is 5.83. The van der Waals surface area contributed by atoms with Crippen LogP contribution < -0.4 is 5.32 Å². The molecule has 0 aliphatic carbocycles. The lowest BCUT2D eigenvalue weighted by Gasteiger charge is -2.22. The summed E-state index contributed by atoms with van der Waals surface area (Å²) in [6.45, 7) is 4.21. The number of piperidine rings is 1. The number of Topliss-reactive ketones (excluding diaryl/α,β-unsaturated/α-hetero) is 1. The molecule has 0 amide bonds. The molecule has 1 rings (SSSR count). The lowest BCUT2D eigenvalue weighted by molar-refractivity contribution is -0.125. The van der Waals surface area contributed by atoms with Crippen LogP contribution in [0.4, 0.5) is 0 Å². The van der Waals surface area contributed by atoms with E-state index in [2.05, 4.69) is 5.32 Å². The van der Waals surface area contributed by atoms with Gasteiger partial charge in [-0.05, 0) is 25.9 Å². The van der Waals surface area contributed by atoms with Crippen molar-refractivity contribution in [3.05, 3.63) is 0 Å². The fourth-order valence-electron chi connectivity index (χ4n) is 1.27. The van der Waals surface area contributed by atoms with Crippen LogP contribution in [0.1, 0.15) is 26.2 Å². The minimum Gasteiger partial charge on any atom is -0.370 e. The summed E-state index contributed by atoms with van der Waals surface area (Å²) >= 11 is 0. The van der Waals surface area contributed by atoms with Crippen LogP contribution in [0.25, 0.3) is 0 Å². The summed E-state index contributed by atoms with van der Waals surface area (Å²) < 4.78 is 5.45. The van der Waals surface area contributed by atoms with Crippen LogP contribution >= 0.6 is 0 Å². The Labute approximate surface area is 73.5 Å². The summed E-state index contributed by atoms with van der Waals surface area (Å²) in [5.74, 6) is 0.202. The van der Waals surface area contributed by atoms with E-state index < -0.39 is 0 Å². The van der Waals surface area contributed by atoms with Crippen molar-refractivity contribution in [2.24, 2.45) is 0 Å². The van der Waals surface area contributed by atoms with Gasteiger partial charge in [-0.1, -0.05) is 6.92 Å². The molecule has 0 spiro atoms. The molecule has 0 aromatic carbocycles. The van der Waals surface area contributed by atoms with E-state index in [4.69, 9.17) is 4.74 Å². The molecular weight excluding hydrogens is 154 g/mol. The molecule has 0 bridgehead atoms. The second-order valence-electron chi connectivity index (χ2n) is 3.15. The largest absolute Gasteiger partial charge is 0.370 e. The van der Waals surface area contributed by atoms with Gasteiger partial charge in [-0.2, -0.15) is 0 Å². The van der Waals surface area contributed by atoms with E-state index in [0.29, 0.717) is 19.1 Å². The number of ether oxygens (including phenoxy) is 1. The van der Waals surface area contributed by atoms with E-state index in [1.54, 1.807) is 0 Å². The maximum Gasteiger partial charge on any atom is 0.158 e. The molecule has 1 saturated heterocycles. The minimum absolute atomic E-state index is 0.202. The summed E-state index contributed by atoms with van der Waals surface area (Å²) in [5.41, 5.74) is 0. The fourth-order valence-corrected chi connectivity index (χ4v) is 1.27. The highest BCUT2D eigenvalue weighted by atomic mass is 16.5. The van der Waals surface area contributed by atoms with Gasteiger partial charge in [0.2, 0.25) is 0 Å². The van der Waals surface area contributed by atoms with Crippen molar-refractivity contribution in [2.45, 2.75) is 32.3 Å². The van der Waals surface area contributed by atoms with E-state index in [1.165, 1.54) is 0 Å². The molecule has 0 radical (unpaired) electrons. The monoisotopic (exact) mass is 171 g/mol. The van der Waals surface area contributed by atoms with E-state index in [9.17, 15) is 4.79 Å². The number of carbonyl (C=O) groups excluding carboxylic acids is 1. The van der Waals surface area contributed by atoms with Gasteiger partial charge in [-0.3, -0.25) is 4.79 Å². The number of ketones is 1. The van der Waals surface area contributed by atoms with Crippen LogP contribution in [-0.2, 0) is 9.53 Å². The molecule has 12 heavy (non-hydrogen) atoms. The smallest absolute Gasteiger partial charge is 0.158 e. The summed E-state index contributed by atoms with van der Waals surface area (Å²) in [6.07, 6.45) is 2.97. The van der Waals surface area contributed by atoms with Crippen molar-refractivity contribution in [3.8, 4) is 0 Å². The average molecular weight is 171 g/mol. The first-order valence-electron chi connectivity index (χ1n) is 4.67. The Hall–Kier alpha value is -0.410. The summed E-state index contributed by atoms with van der Waals surface area (Å²) in [4.78, 5) is 10.9. The van der Waals surface area contributed by atoms with Crippen LogP contribution in [0.15, 0.2) is 0 Å². The van der Waals surface area contributed by atoms with Crippen molar-refractivity contribution in [1.82, 2.24) is 5.32 Å². The summed E-state index contributed by atoms with van der Waals surface area (Å²) in [6, 6.07) is 0.